The van der Waals surface area contributed by atoms with Gasteiger partial charge in [-0.2, -0.15) is 13.2 Å². The standard InChI is InChI=1S/C13H14F4N2O2/c14-9-6-10(18)8(12(20)21)5-11(9)19-3-1-7(2-4-19)13(15,16)17/h5-7H,1-4,18H2,(H,20,21). The Hall–Kier alpha value is -1.99. The molecule has 2 rings (SSSR count). The Labute approximate surface area is 118 Å². The summed E-state index contributed by atoms with van der Waals surface area (Å²) < 4.78 is 51.6. The van der Waals surface area contributed by atoms with Crippen LogP contribution in [0.15, 0.2) is 12.1 Å². The lowest BCUT2D eigenvalue weighted by atomic mass is 9.95. The first-order valence-corrected chi connectivity index (χ1v) is 6.34. The molecule has 0 unspecified atom stereocenters. The zero-order valence-electron chi connectivity index (χ0n) is 11.0. The molecule has 3 N–H and O–H groups in total. The van der Waals surface area contributed by atoms with E-state index in [0.717, 1.165) is 12.1 Å². The van der Waals surface area contributed by atoms with Crippen LogP contribution in [-0.4, -0.2) is 30.3 Å². The minimum atomic E-state index is -4.25. The number of hydrogen-bond acceptors (Lipinski definition) is 3. The van der Waals surface area contributed by atoms with Gasteiger partial charge in [-0.05, 0) is 25.0 Å². The molecule has 1 aliphatic rings. The summed E-state index contributed by atoms with van der Waals surface area (Å²) in [5.41, 5.74) is 4.91. The monoisotopic (exact) mass is 306 g/mol. The number of benzene rings is 1. The minimum absolute atomic E-state index is 0.0179. The summed E-state index contributed by atoms with van der Waals surface area (Å²) in [4.78, 5) is 12.4. The van der Waals surface area contributed by atoms with Crippen molar-refractivity contribution in [2.45, 2.75) is 19.0 Å². The molecule has 116 valence electrons. The van der Waals surface area contributed by atoms with Crippen molar-refractivity contribution in [1.29, 1.82) is 0 Å². The number of carboxylic acid groups (broad SMARTS) is 1. The molecule has 1 aliphatic heterocycles. The van der Waals surface area contributed by atoms with Gasteiger partial charge in [-0.3, -0.25) is 0 Å². The smallest absolute Gasteiger partial charge is 0.391 e. The van der Waals surface area contributed by atoms with E-state index < -0.39 is 23.9 Å². The average Bonchev–Trinajstić information content (AvgIpc) is 2.37. The van der Waals surface area contributed by atoms with Gasteiger partial charge in [0.15, 0.2) is 0 Å². The van der Waals surface area contributed by atoms with Gasteiger partial charge < -0.3 is 15.7 Å². The number of alkyl halides is 3. The lowest BCUT2D eigenvalue weighted by molar-refractivity contribution is -0.179. The van der Waals surface area contributed by atoms with Crippen LogP contribution < -0.4 is 10.6 Å². The Balaban J connectivity index is 2.21. The largest absolute Gasteiger partial charge is 0.478 e. The van der Waals surface area contributed by atoms with E-state index in [0.29, 0.717) is 0 Å². The molecule has 1 saturated heterocycles. The average molecular weight is 306 g/mol. The van der Waals surface area contributed by atoms with Gasteiger partial charge in [0.2, 0.25) is 0 Å². The summed E-state index contributed by atoms with van der Waals surface area (Å²) in [6.45, 7) is 0.0359. The fourth-order valence-corrected chi connectivity index (χ4v) is 2.45. The van der Waals surface area contributed by atoms with Crippen molar-refractivity contribution in [2.75, 3.05) is 23.7 Å². The van der Waals surface area contributed by atoms with Crippen molar-refractivity contribution < 1.29 is 27.5 Å². The number of piperidine rings is 1. The molecule has 1 aromatic rings. The maximum atomic E-state index is 13.9. The quantitative estimate of drug-likeness (QED) is 0.651. The van der Waals surface area contributed by atoms with E-state index in [-0.39, 0.29) is 42.9 Å². The molecule has 0 saturated carbocycles. The highest BCUT2D eigenvalue weighted by Gasteiger charge is 2.41. The molecule has 8 heteroatoms. The van der Waals surface area contributed by atoms with Crippen LogP contribution in [0.4, 0.5) is 28.9 Å². The van der Waals surface area contributed by atoms with Crippen LogP contribution in [0.1, 0.15) is 23.2 Å². The van der Waals surface area contributed by atoms with E-state index in [1.165, 1.54) is 4.90 Å². The van der Waals surface area contributed by atoms with Crippen molar-refractivity contribution in [2.24, 2.45) is 5.92 Å². The molecular formula is C13H14F4N2O2. The highest BCUT2D eigenvalue weighted by Crippen LogP contribution is 2.36. The molecule has 0 atom stereocenters. The van der Waals surface area contributed by atoms with Crippen molar-refractivity contribution >= 4 is 17.3 Å². The first kappa shape index (κ1) is 15.4. The van der Waals surface area contributed by atoms with E-state index >= 15 is 0 Å². The Morgan fingerprint density at radius 2 is 1.86 bits per heavy atom. The Morgan fingerprint density at radius 1 is 1.29 bits per heavy atom. The first-order chi connectivity index (χ1) is 9.70. The fourth-order valence-electron chi connectivity index (χ4n) is 2.45. The van der Waals surface area contributed by atoms with Crippen LogP contribution in [0, 0.1) is 11.7 Å². The van der Waals surface area contributed by atoms with E-state index in [9.17, 15) is 22.4 Å². The van der Waals surface area contributed by atoms with Crippen LogP contribution in [-0.2, 0) is 0 Å². The molecule has 0 aliphatic carbocycles. The summed E-state index contributed by atoms with van der Waals surface area (Å²) in [5, 5.41) is 8.96. The fraction of sp³-hybridized carbons (Fsp3) is 0.462. The normalized spacial score (nSPS) is 17.0. The third kappa shape index (κ3) is 3.20. The number of rotatable bonds is 2. The van der Waals surface area contributed by atoms with Gasteiger partial charge in [0, 0.05) is 18.8 Å². The molecule has 1 fully saturated rings. The van der Waals surface area contributed by atoms with Crippen molar-refractivity contribution in [3.05, 3.63) is 23.5 Å². The van der Waals surface area contributed by atoms with Crippen LogP contribution in [0.5, 0.6) is 0 Å². The van der Waals surface area contributed by atoms with Gasteiger partial charge in [-0.25, -0.2) is 9.18 Å². The predicted molar refractivity (Wildman–Crippen MR) is 68.8 cm³/mol. The van der Waals surface area contributed by atoms with Crippen LogP contribution in [0.2, 0.25) is 0 Å². The van der Waals surface area contributed by atoms with Crippen molar-refractivity contribution in [3.8, 4) is 0 Å². The topological polar surface area (TPSA) is 66.6 Å². The van der Waals surface area contributed by atoms with Gasteiger partial charge in [-0.1, -0.05) is 0 Å². The second-order valence-corrected chi connectivity index (χ2v) is 5.00. The van der Waals surface area contributed by atoms with Gasteiger partial charge in [0.05, 0.1) is 17.2 Å². The number of halogens is 4. The first-order valence-electron chi connectivity index (χ1n) is 6.34. The number of nitrogens with two attached hydrogens (primary N) is 1. The molecule has 0 aromatic heterocycles. The lowest BCUT2D eigenvalue weighted by Crippen LogP contribution is -2.39. The van der Waals surface area contributed by atoms with Gasteiger partial charge in [-0.15, -0.1) is 0 Å². The molecule has 21 heavy (non-hydrogen) atoms. The van der Waals surface area contributed by atoms with Crippen molar-refractivity contribution in [1.82, 2.24) is 0 Å². The lowest BCUT2D eigenvalue weighted by Gasteiger charge is -2.34. The van der Waals surface area contributed by atoms with E-state index in [4.69, 9.17) is 10.8 Å². The number of hydrogen-bond donors (Lipinski definition) is 2. The predicted octanol–water partition coefficient (Wildman–Crippen LogP) is 2.88. The minimum Gasteiger partial charge on any atom is -0.478 e. The van der Waals surface area contributed by atoms with Crippen molar-refractivity contribution in [3.63, 3.8) is 0 Å². The molecule has 1 aromatic carbocycles. The molecule has 0 radical (unpaired) electrons. The zero-order valence-corrected chi connectivity index (χ0v) is 11.0. The summed E-state index contributed by atoms with van der Waals surface area (Å²) in [6.07, 6.45) is -4.54. The second-order valence-electron chi connectivity index (χ2n) is 5.00. The summed E-state index contributed by atoms with van der Waals surface area (Å²) in [5.74, 6) is -3.44. The number of aromatic carboxylic acids is 1. The molecule has 4 nitrogen and oxygen atoms in total. The number of carboxylic acids is 1. The van der Waals surface area contributed by atoms with Gasteiger partial charge >= 0.3 is 12.1 Å². The number of nitrogen functional groups attached to an aromatic ring is 1. The molecule has 0 spiro atoms. The molecular weight excluding hydrogens is 292 g/mol. The third-order valence-electron chi connectivity index (χ3n) is 3.65. The molecule has 0 amide bonds. The Kier molecular flexibility index (Phi) is 3.97. The van der Waals surface area contributed by atoms with Gasteiger partial charge in [0.25, 0.3) is 0 Å². The van der Waals surface area contributed by atoms with Crippen LogP contribution in [0.25, 0.3) is 0 Å². The Morgan fingerprint density at radius 3 is 2.33 bits per heavy atom. The SMILES string of the molecule is Nc1cc(F)c(N2CCC(C(F)(F)F)CC2)cc1C(=O)O. The number of nitrogens with zero attached hydrogens (tertiary/aromatic N) is 1. The summed E-state index contributed by atoms with van der Waals surface area (Å²) in [6, 6.07) is 1.95. The highest BCUT2D eigenvalue weighted by molar-refractivity contribution is 5.95. The zero-order chi connectivity index (χ0) is 15.8. The van der Waals surface area contributed by atoms with Crippen LogP contribution >= 0.6 is 0 Å². The third-order valence-corrected chi connectivity index (χ3v) is 3.65. The maximum absolute atomic E-state index is 13.9. The second kappa shape index (κ2) is 5.42. The number of anilines is 2. The Bertz CT molecular complexity index is 552. The van der Waals surface area contributed by atoms with Crippen LogP contribution in [0.3, 0.4) is 0 Å². The van der Waals surface area contributed by atoms with E-state index in [1.54, 1.807) is 0 Å². The number of carbonyl (C=O) groups is 1. The summed E-state index contributed by atoms with van der Waals surface area (Å²) in [7, 11) is 0. The molecule has 1 heterocycles. The highest BCUT2D eigenvalue weighted by atomic mass is 19.4. The van der Waals surface area contributed by atoms with Gasteiger partial charge in [0.1, 0.15) is 5.82 Å². The summed E-state index contributed by atoms with van der Waals surface area (Å²) >= 11 is 0. The molecule has 0 bridgehead atoms. The maximum Gasteiger partial charge on any atom is 0.391 e. The van der Waals surface area contributed by atoms with E-state index in [2.05, 4.69) is 0 Å². The van der Waals surface area contributed by atoms with E-state index in [1.807, 2.05) is 0 Å².